The minimum Gasteiger partial charge on any atom is -0.373 e. The summed E-state index contributed by atoms with van der Waals surface area (Å²) in [7, 11) is 3.17. The van der Waals surface area contributed by atoms with E-state index in [4.69, 9.17) is 0 Å². The van der Waals surface area contributed by atoms with E-state index in [-0.39, 0.29) is 5.56 Å². The molecule has 0 aromatic heterocycles. The molecule has 2 nitrogen and oxygen atoms in total. The van der Waals surface area contributed by atoms with Crippen LogP contribution >= 0.6 is 0 Å². The molecule has 0 saturated carbocycles. The first-order valence-corrected chi connectivity index (χ1v) is 3.79. The molecule has 0 spiro atoms. The number of aliphatic imine (C=N–C) groups is 1. The molecule has 0 aliphatic rings. The largest absolute Gasteiger partial charge is 0.373 e. The first-order valence-electron chi connectivity index (χ1n) is 3.79. The number of nitrogens with zero attached hydrogens (tertiary/aromatic N) is 1. The molecular weight excluding hydrogens is 174 g/mol. The highest BCUT2D eigenvalue weighted by Gasteiger charge is 2.07. The number of amidine groups is 1. The summed E-state index contributed by atoms with van der Waals surface area (Å²) < 4.78 is 25.6. The maximum atomic E-state index is 13.1. The summed E-state index contributed by atoms with van der Waals surface area (Å²) in [5.41, 5.74) is 0.270. The first-order chi connectivity index (χ1) is 6.19. The highest BCUT2D eigenvalue weighted by Crippen LogP contribution is 2.09. The van der Waals surface area contributed by atoms with E-state index >= 15 is 0 Å². The van der Waals surface area contributed by atoms with E-state index in [2.05, 4.69) is 10.3 Å². The smallest absolute Gasteiger partial charge is 0.137 e. The number of hydrogen-bond donors (Lipinski definition) is 1. The quantitative estimate of drug-likeness (QED) is 0.520. The topological polar surface area (TPSA) is 24.4 Å². The molecule has 0 unspecified atom stereocenters. The van der Waals surface area contributed by atoms with Crippen molar-refractivity contribution in [1.29, 1.82) is 0 Å². The molecule has 1 N–H and O–H groups in total. The van der Waals surface area contributed by atoms with Crippen LogP contribution in [0.25, 0.3) is 0 Å². The summed E-state index contributed by atoms with van der Waals surface area (Å²) in [6, 6.07) is 3.38. The molecule has 70 valence electrons. The van der Waals surface area contributed by atoms with Crippen LogP contribution in [-0.2, 0) is 0 Å². The average molecular weight is 184 g/mol. The van der Waals surface area contributed by atoms with Crippen LogP contribution in [0.3, 0.4) is 0 Å². The van der Waals surface area contributed by atoms with Gasteiger partial charge in [0.05, 0.1) is 5.56 Å². The van der Waals surface area contributed by atoms with Crippen molar-refractivity contribution in [3.8, 4) is 0 Å². The van der Waals surface area contributed by atoms with Gasteiger partial charge in [-0.05, 0) is 12.1 Å². The van der Waals surface area contributed by atoms with Gasteiger partial charge in [0, 0.05) is 20.2 Å². The molecule has 0 heterocycles. The molecule has 13 heavy (non-hydrogen) atoms. The second-order valence-electron chi connectivity index (χ2n) is 2.45. The second kappa shape index (κ2) is 3.98. The molecule has 1 rings (SSSR count). The minimum absolute atomic E-state index is 0.270. The molecule has 0 fully saturated rings. The maximum Gasteiger partial charge on any atom is 0.137 e. The van der Waals surface area contributed by atoms with Crippen molar-refractivity contribution < 1.29 is 8.78 Å². The Labute approximate surface area is 75.3 Å². The Bertz CT molecular complexity index is 334. The van der Waals surface area contributed by atoms with E-state index in [1.807, 2.05) is 0 Å². The molecule has 0 atom stereocenters. The van der Waals surface area contributed by atoms with Gasteiger partial charge >= 0.3 is 0 Å². The van der Waals surface area contributed by atoms with Crippen LogP contribution in [0.1, 0.15) is 5.56 Å². The van der Waals surface area contributed by atoms with Crippen LogP contribution in [-0.4, -0.2) is 19.9 Å². The SMILES string of the molecule is CN=C(NC)c1ccc(F)cc1F. The Hall–Kier alpha value is -1.45. The summed E-state index contributed by atoms with van der Waals surface area (Å²) in [5.74, 6) is -0.805. The predicted molar refractivity (Wildman–Crippen MR) is 47.9 cm³/mol. The Morgan fingerprint density at radius 3 is 2.54 bits per heavy atom. The molecule has 4 heteroatoms. The maximum absolute atomic E-state index is 13.1. The summed E-state index contributed by atoms with van der Waals surface area (Å²) in [4.78, 5) is 3.81. The van der Waals surface area contributed by atoms with Gasteiger partial charge in [-0.1, -0.05) is 0 Å². The first kappa shape index (κ1) is 9.64. The third-order valence-electron chi connectivity index (χ3n) is 1.65. The minimum atomic E-state index is -0.616. The fourth-order valence-electron chi connectivity index (χ4n) is 1.05. The van der Waals surface area contributed by atoms with Crippen molar-refractivity contribution in [3.05, 3.63) is 35.4 Å². The lowest BCUT2D eigenvalue weighted by Gasteiger charge is -2.05. The Morgan fingerprint density at radius 1 is 1.38 bits per heavy atom. The highest BCUT2D eigenvalue weighted by atomic mass is 19.1. The van der Waals surface area contributed by atoms with Crippen LogP contribution in [0.4, 0.5) is 8.78 Å². The van der Waals surface area contributed by atoms with E-state index in [1.165, 1.54) is 19.2 Å². The summed E-state index contributed by atoms with van der Waals surface area (Å²) in [6.07, 6.45) is 0. The molecule has 0 amide bonds. The van der Waals surface area contributed by atoms with E-state index < -0.39 is 11.6 Å². The van der Waals surface area contributed by atoms with Crippen molar-refractivity contribution in [2.24, 2.45) is 4.99 Å². The molecule has 1 aromatic carbocycles. The summed E-state index contributed by atoms with van der Waals surface area (Å²) in [6.45, 7) is 0. The van der Waals surface area contributed by atoms with Crippen molar-refractivity contribution in [2.45, 2.75) is 0 Å². The zero-order chi connectivity index (χ0) is 9.84. The van der Waals surface area contributed by atoms with Gasteiger partial charge in [-0.2, -0.15) is 0 Å². The number of rotatable bonds is 1. The van der Waals surface area contributed by atoms with Gasteiger partial charge in [0.25, 0.3) is 0 Å². The summed E-state index contributed by atoms with van der Waals surface area (Å²) in [5, 5.41) is 2.72. The van der Waals surface area contributed by atoms with E-state index in [0.717, 1.165) is 6.07 Å². The molecule has 0 saturated heterocycles. The van der Waals surface area contributed by atoms with E-state index in [1.54, 1.807) is 7.05 Å². The number of halogens is 2. The zero-order valence-electron chi connectivity index (χ0n) is 7.44. The van der Waals surface area contributed by atoms with Gasteiger partial charge in [0.1, 0.15) is 17.5 Å². The fourth-order valence-corrected chi connectivity index (χ4v) is 1.05. The van der Waals surface area contributed by atoms with Gasteiger partial charge in [-0.3, -0.25) is 4.99 Å². The third kappa shape index (κ3) is 2.02. The van der Waals surface area contributed by atoms with Crippen molar-refractivity contribution in [2.75, 3.05) is 14.1 Å². The Balaban J connectivity index is 3.15. The van der Waals surface area contributed by atoms with Crippen molar-refractivity contribution in [3.63, 3.8) is 0 Å². The average Bonchev–Trinajstić information content (AvgIpc) is 2.10. The van der Waals surface area contributed by atoms with E-state index in [0.29, 0.717) is 5.84 Å². The number of benzene rings is 1. The van der Waals surface area contributed by atoms with Crippen LogP contribution in [0.5, 0.6) is 0 Å². The van der Waals surface area contributed by atoms with Gasteiger partial charge < -0.3 is 5.32 Å². The molecule has 0 aliphatic carbocycles. The van der Waals surface area contributed by atoms with Gasteiger partial charge in [-0.25, -0.2) is 8.78 Å². The second-order valence-corrected chi connectivity index (χ2v) is 2.45. The number of nitrogens with one attached hydrogen (secondary N) is 1. The fraction of sp³-hybridized carbons (Fsp3) is 0.222. The van der Waals surface area contributed by atoms with Crippen molar-refractivity contribution >= 4 is 5.84 Å². The molecule has 1 aromatic rings. The lowest BCUT2D eigenvalue weighted by molar-refractivity contribution is 0.581. The number of hydrogen-bond acceptors (Lipinski definition) is 1. The highest BCUT2D eigenvalue weighted by molar-refractivity contribution is 5.98. The lowest BCUT2D eigenvalue weighted by Crippen LogP contribution is -2.20. The normalized spacial score (nSPS) is 11.5. The van der Waals surface area contributed by atoms with Crippen LogP contribution in [0.15, 0.2) is 23.2 Å². The van der Waals surface area contributed by atoms with Crippen LogP contribution < -0.4 is 5.32 Å². The zero-order valence-corrected chi connectivity index (χ0v) is 7.44. The predicted octanol–water partition coefficient (Wildman–Crippen LogP) is 1.56. The Kier molecular flexibility index (Phi) is 2.95. The Morgan fingerprint density at radius 2 is 2.08 bits per heavy atom. The molecule has 0 aliphatic heterocycles. The standard InChI is InChI=1S/C9H10F2N2/c1-12-9(13-2)7-4-3-6(10)5-8(7)11/h3-5H,1-2H3,(H,12,13). The molecule has 0 radical (unpaired) electrons. The third-order valence-corrected chi connectivity index (χ3v) is 1.65. The monoisotopic (exact) mass is 184 g/mol. The van der Waals surface area contributed by atoms with Crippen LogP contribution in [0.2, 0.25) is 0 Å². The van der Waals surface area contributed by atoms with Gasteiger partial charge in [-0.15, -0.1) is 0 Å². The summed E-state index contributed by atoms with van der Waals surface area (Å²) >= 11 is 0. The van der Waals surface area contributed by atoms with Gasteiger partial charge in [0.15, 0.2) is 0 Å². The van der Waals surface area contributed by atoms with Crippen molar-refractivity contribution in [1.82, 2.24) is 5.32 Å². The molecule has 0 bridgehead atoms. The van der Waals surface area contributed by atoms with E-state index in [9.17, 15) is 8.78 Å². The molecular formula is C9H10F2N2. The van der Waals surface area contributed by atoms with Gasteiger partial charge in [0.2, 0.25) is 0 Å². The van der Waals surface area contributed by atoms with Crippen LogP contribution in [0, 0.1) is 11.6 Å². The lowest BCUT2D eigenvalue weighted by atomic mass is 10.2.